The van der Waals surface area contributed by atoms with E-state index in [2.05, 4.69) is 10.0 Å². The number of rotatable bonds is 6. The first-order chi connectivity index (χ1) is 12.5. The minimum Gasteiger partial charge on any atom is -0.349 e. The van der Waals surface area contributed by atoms with Gasteiger partial charge in [0.2, 0.25) is 10.0 Å². The van der Waals surface area contributed by atoms with Gasteiger partial charge in [0, 0.05) is 18.2 Å². The summed E-state index contributed by atoms with van der Waals surface area (Å²) in [6, 6.07) is 15.7. The summed E-state index contributed by atoms with van der Waals surface area (Å²) in [7, 11) is -3.68. The number of hydrogen-bond acceptors (Lipinski definition) is 3. The van der Waals surface area contributed by atoms with Gasteiger partial charge < -0.3 is 5.32 Å². The van der Waals surface area contributed by atoms with E-state index in [1.54, 1.807) is 12.1 Å². The van der Waals surface area contributed by atoms with Crippen molar-refractivity contribution in [1.82, 2.24) is 10.0 Å². The molecule has 0 aromatic heterocycles. The number of carbonyl (C=O) groups excluding carboxylic acids is 1. The minimum atomic E-state index is -3.68. The topological polar surface area (TPSA) is 75.3 Å². The summed E-state index contributed by atoms with van der Waals surface area (Å²) in [6.45, 7) is 0.210. The van der Waals surface area contributed by atoms with Crippen LogP contribution in [0.5, 0.6) is 0 Å². The molecular formula is C20H24N2O3S. The number of nitrogens with one attached hydrogen (secondary N) is 2. The lowest BCUT2D eigenvalue weighted by Gasteiger charge is -2.22. The fraction of sp³-hybridized carbons (Fsp3) is 0.350. The van der Waals surface area contributed by atoms with Gasteiger partial charge in [0.15, 0.2) is 0 Å². The van der Waals surface area contributed by atoms with Crippen LogP contribution >= 0.6 is 0 Å². The van der Waals surface area contributed by atoms with Crippen LogP contribution < -0.4 is 10.0 Å². The number of hydrogen-bond donors (Lipinski definition) is 2. The lowest BCUT2D eigenvalue weighted by atomic mass is 9.95. The quantitative estimate of drug-likeness (QED) is 0.817. The Morgan fingerprint density at radius 3 is 2.42 bits per heavy atom. The maximum absolute atomic E-state index is 12.5. The highest BCUT2D eigenvalue weighted by atomic mass is 32.2. The van der Waals surface area contributed by atoms with E-state index in [1.807, 2.05) is 30.3 Å². The predicted octanol–water partition coefficient (Wildman–Crippen LogP) is 3.23. The third-order valence-corrected chi connectivity index (χ3v) is 6.05. The molecule has 3 rings (SSSR count). The summed E-state index contributed by atoms with van der Waals surface area (Å²) in [5, 5.41) is 3.02. The van der Waals surface area contributed by atoms with E-state index in [9.17, 15) is 13.2 Å². The first-order valence-electron chi connectivity index (χ1n) is 8.99. The molecule has 138 valence electrons. The van der Waals surface area contributed by atoms with Gasteiger partial charge >= 0.3 is 0 Å². The average Bonchev–Trinajstić information content (AvgIpc) is 2.68. The molecular weight excluding hydrogens is 348 g/mol. The second kappa shape index (κ2) is 8.47. The Hall–Kier alpha value is -2.18. The molecule has 0 unspecified atom stereocenters. The molecule has 2 aromatic carbocycles. The van der Waals surface area contributed by atoms with Crippen molar-refractivity contribution < 1.29 is 13.2 Å². The van der Waals surface area contributed by atoms with E-state index in [0.29, 0.717) is 5.56 Å². The van der Waals surface area contributed by atoms with E-state index in [1.165, 1.54) is 18.6 Å². The zero-order valence-electron chi connectivity index (χ0n) is 14.6. The van der Waals surface area contributed by atoms with Crippen LogP contribution in [0, 0.1) is 0 Å². The van der Waals surface area contributed by atoms with Crippen LogP contribution in [0.15, 0.2) is 59.5 Å². The van der Waals surface area contributed by atoms with E-state index in [0.717, 1.165) is 31.2 Å². The fourth-order valence-corrected chi connectivity index (χ4v) is 4.24. The van der Waals surface area contributed by atoms with Crippen LogP contribution in [-0.2, 0) is 16.6 Å². The molecule has 0 bridgehead atoms. The molecule has 6 heteroatoms. The normalized spacial score (nSPS) is 15.5. The minimum absolute atomic E-state index is 0.102. The summed E-state index contributed by atoms with van der Waals surface area (Å²) >= 11 is 0. The summed E-state index contributed by atoms with van der Waals surface area (Å²) < 4.78 is 27.6. The third kappa shape index (κ3) is 4.93. The Morgan fingerprint density at radius 2 is 1.69 bits per heavy atom. The zero-order chi connectivity index (χ0) is 18.4. The van der Waals surface area contributed by atoms with Gasteiger partial charge in [-0.25, -0.2) is 13.1 Å². The molecule has 1 amide bonds. The Labute approximate surface area is 154 Å². The number of carbonyl (C=O) groups is 1. The Morgan fingerprint density at radius 1 is 0.962 bits per heavy atom. The lowest BCUT2D eigenvalue weighted by molar-refractivity contribution is 0.0927. The van der Waals surface area contributed by atoms with Gasteiger partial charge in [-0.1, -0.05) is 55.7 Å². The highest BCUT2D eigenvalue weighted by molar-refractivity contribution is 7.89. The van der Waals surface area contributed by atoms with E-state index in [4.69, 9.17) is 0 Å². The highest BCUT2D eigenvalue weighted by Crippen LogP contribution is 2.18. The highest BCUT2D eigenvalue weighted by Gasteiger charge is 2.19. The van der Waals surface area contributed by atoms with Gasteiger partial charge in [0.1, 0.15) is 0 Å². The van der Waals surface area contributed by atoms with Crippen molar-refractivity contribution in [2.24, 2.45) is 0 Å². The summed E-state index contributed by atoms with van der Waals surface area (Å²) in [5.74, 6) is -0.211. The molecule has 26 heavy (non-hydrogen) atoms. The monoisotopic (exact) mass is 372 g/mol. The van der Waals surface area contributed by atoms with Crippen LogP contribution in [0.25, 0.3) is 0 Å². The van der Waals surface area contributed by atoms with Crippen molar-refractivity contribution in [3.63, 3.8) is 0 Å². The molecule has 0 aliphatic heterocycles. The van der Waals surface area contributed by atoms with Gasteiger partial charge in [-0.2, -0.15) is 0 Å². The molecule has 0 atom stereocenters. The Bertz CT molecular complexity index is 844. The van der Waals surface area contributed by atoms with Crippen LogP contribution in [0.2, 0.25) is 0 Å². The molecule has 0 heterocycles. The molecule has 1 saturated carbocycles. The van der Waals surface area contributed by atoms with Crippen molar-refractivity contribution in [2.45, 2.75) is 49.6 Å². The van der Waals surface area contributed by atoms with Crippen LogP contribution in [0.3, 0.4) is 0 Å². The van der Waals surface area contributed by atoms with Crippen molar-refractivity contribution in [1.29, 1.82) is 0 Å². The van der Waals surface area contributed by atoms with Gasteiger partial charge in [0.25, 0.3) is 5.91 Å². The van der Waals surface area contributed by atoms with Crippen LogP contribution in [0.1, 0.15) is 48.0 Å². The van der Waals surface area contributed by atoms with Gasteiger partial charge in [-0.05, 0) is 36.6 Å². The number of benzene rings is 2. The van der Waals surface area contributed by atoms with Crippen molar-refractivity contribution in [3.05, 3.63) is 65.7 Å². The van der Waals surface area contributed by atoms with Gasteiger partial charge in [0.05, 0.1) is 4.90 Å². The molecule has 1 fully saturated rings. The van der Waals surface area contributed by atoms with Crippen molar-refractivity contribution in [2.75, 3.05) is 0 Å². The maximum Gasteiger partial charge on any atom is 0.251 e. The molecule has 0 radical (unpaired) electrons. The second-order valence-corrected chi connectivity index (χ2v) is 8.41. The third-order valence-electron chi connectivity index (χ3n) is 4.66. The average molecular weight is 372 g/mol. The van der Waals surface area contributed by atoms with E-state index >= 15 is 0 Å². The number of amides is 1. The van der Waals surface area contributed by atoms with Crippen molar-refractivity contribution >= 4 is 15.9 Å². The predicted molar refractivity (Wildman–Crippen MR) is 101 cm³/mol. The smallest absolute Gasteiger partial charge is 0.251 e. The molecule has 2 N–H and O–H groups in total. The first-order valence-corrected chi connectivity index (χ1v) is 10.5. The van der Waals surface area contributed by atoms with E-state index in [-0.39, 0.29) is 23.4 Å². The molecule has 1 aliphatic carbocycles. The molecule has 5 nitrogen and oxygen atoms in total. The number of sulfonamides is 1. The van der Waals surface area contributed by atoms with Gasteiger partial charge in [-0.15, -0.1) is 0 Å². The molecule has 0 spiro atoms. The summed E-state index contributed by atoms with van der Waals surface area (Å²) in [5.41, 5.74) is 1.25. The molecule has 0 saturated heterocycles. The second-order valence-electron chi connectivity index (χ2n) is 6.65. The Balaban J connectivity index is 1.68. The van der Waals surface area contributed by atoms with E-state index < -0.39 is 10.0 Å². The molecule has 2 aromatic rings. The molecule has 1 aliphatic rings. The SMILES string of the molecule is O=C(NC1CCCCC1)c1cccc(S(=O)(=O)NCc2ccccc2)c1. The van der Waals surface area contributed by atoms with Crippen molar-refractivity contribution in [3.8, 4) is 0 Å². The standard InChI is InChI=1S/C20H24N2O3S/c23-20(22-18-11-5-2-6-12-18)17-10-7-13-19(14-17)26(24,25)21-15-16-8-3-1-4-9-16/h1,3-4,7-10,13-14,18,21H,2,5-6,11-12,15H2,(H,22,23). The first kappa shape index (κ1) is 18.6. The van der Waals surface area contributed by atoms with Crippen LogP contribution in [0.4, 0.5) is 0 Å². The summed E-state index contributed by atoms with van der Waals surface area (Å²) in [4.78, 5) is 12.5. The van der Waals surface area contributed by atoms with Crippen LogP contribution in [-0.4, -0.2) is 20.4 Å². The maximum atomic E-state index is 12.5. The fourth-order valence-electron chi connectivity index (χ4n) is 3.18. The zero-order valence-corrected chi connectivity index (χ0v) is 15.5. The van der Waals surface area contributed by atoms with Gasteiger partial charge in [-0.3, -0.25) is 4.79 Å². The summed E-state index contributed by atoms with van der Waals surface area (Å²) in [6.07, 6.45) is 5.45. The largest absolute Gasteiger partial charge is 0.349 e. The Kier molecular flexibility index (Phi) is 6.06. The lowest BCUT2D eigenvalue weighted by Crippen LogP contribution is -2.36.